The first-order valence-corrected chi connectivity index (χ1v) is 21.5. The van der Waals surface area contributed by atoms with Crippen molar-refractivity contribution < 1.29 is 9.15 Å². The minimum Gasteiger partial charge on any atom is -0.456 e. The molecule has 0 saturated carbocycles. The number of benzene rings is 10. The van der Waals surface area contributed by atoms with Gasteiger partial charge < -0.3 is 9.15 Å². The third-order valence-electron chi connectivity index (χ3n) is 12.5. The summed E-state index contributed by atoms with van der Waals surface area (Å²) in [5.74, 6) is 3.37. The Morgan fingerprint density at radius 3 is 1.70 bits per heavy atom. The smallest absolute Gasteiger partial charge is 0.164 e. The molecule has 0 N–H and O–H groups in total. The molecular formula is C59H35N3O2. The van der Waals surface area contributed by atoms with Crippen molar-refractivity contribution in [1.82, 2.24) is 15.0 Å². The van der Waals surface area contributed by atoms with Crippen molar-refractivity contribution in [3.05, 3.63) is 212 Å². The molecule has 0 aliphatic carbocycles. The van der Waals surface area contributed by atoms with Gasteiger partial charge >= 0.3 is 0 Å². The number of para-hydroxylation sites is 1. The number of aromatic nitrogens is 3. The van der Waals surface area contributed by atoms with Crippen molar-refractivity contribution in [3.63, 3.8) is 0 Å². The number of rotatable bonds is 6. The Hall–Kier alpha value is -8.67. The Morgan fingerprint density at radius 1 is 0.312 bits per heavy atom. The van der Waals surface area contributed by atoms with Gasteiger partial charge in [0.15, 0.2) is 17.5 Å². The summed E-state index contributed by atoms with van der Waals surface area (Å²) in [4.78, 5) is 16.0. The van der Waals surface area contributed by atoms with E-state index in [9.17, 15) is 0 Å². The minimum absolute atomic E-state index is 0.560. The summed E-state index contributed by atoms with van der Waals surface area (Å²) in [6.45, 7) is 0. The first kappa shape index (κ1) is 36.0. The number of ether oxygens (including phenoxy) is 1. The SMILES string of the molecule is c1ccc(-c2cc(-c3nc(-c4ccccc4)nc(-c4ccc5oc6ccc7ccccc7c6c5c4)n3)c(-c3ccccc3)c(-c3cccc4c3Oc3cccc5cccc-4c35)c2)cc1. The fourth-order valence-corrected chi connectivity index (χ4v) is 9.57. The second kappa shape index (κ2) is 14.5. The molecule has 2 aromatic heterocycles. The van der Waals surface area contributed by atoms with Gasteiger partial charge in [0.05, 0.1) is 0 Å². The lowest BCUT2D eigenvalue weighted by molar-refractivity contribution is 0.489. The van der Waals surface area contributed by atoms with Gasteiger partial charge in [-0.25, -0.2) is 15.0 Å². The molecule has 1 aliphatic heterocycles. The second-order valence-corrected chi connectivity index (χ2v) is 16.3. The zero-order chi connectivity index (χ0) is 42.1. The Bertz CT molecular complexity index is 3800. The summed E-state index contributed by atoms with van der Waals surface area (Å²) in [5, 5.41) is 6.66. The van der Waals surface area contributed by atoms with E-state index in [-0.39, 0.29) is 0 Å². The third-order valence-corrected chi connectivity index (χ3v) is 12.5. The average molecular weight is 818 g/mol. The molecule has 5 nitrogen and oxygen atoms in total. The van der Waals surface area contributed by atoms with E-state index in [0.29, 0.717) is 17.5 Å². The maximum Gasteiger partial charge on any atom is 0.164 e. The van der Waals surface area contributed by atoms with Crippen molar-refractivity contribution in [3.8, 4) is 90.2 Å². The van der Waals surface area contributed by atoms with Gasteiger partial charge in [0, 0.05) is 49.5 Å². The summed E-state index contributed by atoms with van der Waals surface area (Å²) in [6, 6.07) is 73.9. The molecule has 5 heteroatoms. The zero-order valence-corrected chi connectivity index (χ0v) is 34.4. The molecule has 0 radical (unpaired) electrons. The van der Waals surface area contributed by atoms with Crippen LogP contribution in [0, 0.1) is 0 Å². The Labute approximate surface area is 368 Å². The van der Waals surface area contributed by atoms with E-state index in [1.165, 1.54) is 0 Å². The van der Waals surface area contributed by atoms with Gasteiger partial charge in [0.2, 0.25) is 0 Å². The highest BCUT2D eigenvalue weighted by Crippen LogP contribution is 2.53. The van der Waals surface area contributed by atoms with E-state index in [4.69, 9.17) is 24.1 Å². The number of hydrogen-bond acceptors (Lipinski definition) is 5. The zero-order valence-electron chi connectivity index (χ0n) is 34.4. The van der Waals surface area contributed by atoms with Crippen LogP contribution >= 0.6 is 0 Å². The maximum absolute atomic E-state index is 7.01. The molecule has 0 atom stereocenters. The summed E-state index contributed by atoms with van der Waals surface area (Å²) in [5.41, 5.74) is 12.6. The monoisotopic (exact) mass is 817 g/mol. The molecule has 0 saturated heterocycles. The maximum atomic E-state index is 7.01. The van der Waals surface area contributed by atoms with Crippen molar-refractivity contribution >= 4 is 43.5 Å². The molecule has 0 fully saturated rings. The van der Waals surface area contributed by atoms with Gasteiger partial charge in [-0.15, -0.1) is 0 Å². The van der Waals surface area contributed by atoms with E-state index in [1.54, 1.807) is 0 Å². The number of hydrogen-bond donors (Lipinski definition) is 0. The standard InChI is InChI=1S/C59H35N3O2/c1-4-15-36(16-5-1)42-34-47(46-27-14-26-45-44-25-12-22-39-23-13-28-51(54(39)44)64-56(45)46)53(38-18-6-2-7-19-38)49(35-42)59-61-57(40-20-8-3-9-21-40)60-58(62-59)41-30-31-50-48(33-41)55-43-24-11-10-17-37(43)29-32-52(55)63-50/h1-35H. The van der Waals surface area contributed by atoms with Gasteiger partial charge in [-0.1, -0.05) is 170 Å². The van der Waals surface area contributed by atoms with Crippen LogP contribution in [0.4, 0.5) is 0 Å². The predicted molar refractivity (Wildman–Crippen MR) is 260 cm³/mol. The van der Waals surface area contributed by atoms with Crippen molar-refractivity contribution in [2.75, 3.05) is 0 Å². The van der Waals surface area contributed by atoms with Crippen LogP contribution in [-0.2, 0) is 0 Å². The third kappa shape index (κ3) is 5.83. The van der Waals surface area contributed by atoms with E-state index >= 15 is 0 Å². The predicted octanol–water partition coefficient (Wildman–Crippen LogP) is 15.9. The van der Waals surface area contributed by atoms with Crippen LogP contribution in [0.5, 0.6) is 11.5 Å². The number of nitrogens with zero attached hydrogens (tertiary/aromatic N) is 3. The van der Waals surface area contributed by atoms with Crippen LogP contribution in [0.1, 0.15) is 0 Å². The van der Waals surface area contributed by atoms with Gasteiger partial charge in [-0.05, 0) is 86.4 Å². The Balaban J connectivity index is 1.10. The highest BCUT2D eigenvalue weighted by molar-refractivity contribution is 6.19. The van der Waals surface area contributed by atoms with Crippen LogP contribution in [-0.4, -0.2) is 15.0 Å². The summed E-state index contributed by atoms with van der Waals surface area (Å²) >= 11 is 0. The highest BCUT2D eigenvalue weighted by Gasteiger charge is 2.27. The molecule has 13 rings (SSSR count). The summed E-state index contributed by atoms with van der Waals surface area (Å²) in [7, 11) is 0. The van der Waals surface area contributed by atoms with Crippen LogP contribution in [0.2, 0.25) is 0 Å². The fourth-order valence-electron chi connectivity index (χ4n) is 9.57. The van der Waals surface area contributed by atoms with Crippen molar-refractivity contribution in [2.24, 2.45) is 0 Å². The second-order valence-electron chi connectivity index (χ2n) is 16.3. The van der Waals surface area contributed by atoms with Gasteiger partial charge in [0.25, 0.3) is 0 Å². The molecule has 10 aromatic carbocycles. The van der Waals surface area contributed by atoms with Crippen LogP contribution in [0.3, 0.4) is 0 Å². The van der Waals surface area contributed by atoms with Gasteiger partial charge in [0.1, 0.15) is 22.7 Å². The topological polar surface area (TPSA) is 61.0 Å². The van der Waals surface area contributed by atoms with Crippen molar-refractivity contribution in [2.45, 2.75) is 0 Å². The molecule has 298 valence electrons. The van der Waals surface area contributed by atoms with Crippen LogP contribution in [0.15, 0.2) is 217 Å². The lowest BCUT2D eigenvalue weighted by Gasteiger charge is -2.25. The fraction of sp³-hybridized carbons (Fsp3) is 0. The largest absolute Gasteiger partial charge is 0.456 e. The molecule has 0 bridgehead atoms. The summed E-state index contributed by atoms with van der Waals surface area (Å²) in [6.07, 6.45) is 0. The highest BCUT2D eigenvalue weighted by atomic mass is 16.5. The molecule has 0 amide bonds. The van der Waals surface area contributed by atoms with E-state index in [1.807, 2.05) is 24.3 Å². The molecule has 64 heavy (non-hydrogen) atoms. The molecule has 0 spiro atoms. The molecule has 12 aromatic rings. The quantitative estimate of drug-likeness (QED) is 0.167. The average Bonchev–Trinajstić information content (AvgIpc) is 3.75. The Morgan fingerprint density at radius 2 is 0.906 bits per heavy atom. The number of furan rings is 1. The molecule has 3 heterocycles. The lowest BCUT2D eigenvalue weighted by Crippen LogP contribution is -2.03. The Kier molecular flexibility index (Phi) is 8.15. The van der Waals surface area contributed by atoms with Crippen molar-refractivity contribution in [1.29, 1.82) is 0 Å². The van der Waals surface area contributed by atoms with Crippen LogP contribution < -0.4 is 4.74 Å². The van der Waals surface area contributed by atoms with Crippen LogP contribution in [0.25, 0.3) is 122 Å². The normalized spacial score (nSPS) is 11.9. The van der Waals surface area contributed by atoms with E-state index < -0.39 is 0 Å². The lowest BCUT2D eigenvalue weighted by atomic mass is 9.84. The first-order valence-electron chi connectivity index (χ1n) is 21.5. The van der Waals surface area contributed by atoms with E-state index in [2.05, 4.69) is 188 Å². The van der Waals surface area contributed by atoms with Gasteiger partial charge in [-0.3, -0.25) is 0 Å². The minimum atomic E-state index is 0.560. The van der Waals surface area contributed by atoms with E-state index in [0.717, 1.165) is 116 Å². The summed E-state index contributed by atoms with van der Waals surface area (Å²) < 4.78 is 13.4. The number of fused-ring (bicyclic) bond motifs is 7. The molecule has 0 unspecified atom stereocenters. The molecular weight excluding hydrogens is 783 g/mol. The van der Waals surface area contributed by atoms with Gasteiger partial charge in [-0.2, -0.15) is 0 Å². The first-order chi connectivity index (χ1) is 31.7. The molecule has 1 aliphatic rings.